The van der Waals surface area contributed by atoms with Crippen LogP contribution in [0.5, 0.6) is 0 Å². The molecule has 0 bridgehead atoms. The van der Waals surface area contributed by atoms with Crippen molar-refractivity contribution in [1.29, 1.82) is 0 Å². The Hall–Kier alpha value is -5.06. The highest BCUT2D eigenvalue weighted by Gasteiger charge is 2.19. The molecule has 8 rings (SSSR count). The van der Waals surface area contributed by atoms with E-state index in [0.717, 1.165) is 54.6 Å². The summed E-state index contributed by atoms with van der Waals surface area (Å²) in [6.07, 6.45) is 0. The molecule has 6 aromatic carbocycles. The van der Waals surface area contributed by atoms with Gasteiger partial charge in [0.2, 0.25) is 0 Å². The molecule has 8 aromatic rings. The van der Waals surface area contributed by atoms with E-state index in [1.165, 1.54) is 0 Å². The minimum absolute atomic E-state index is 0.542. The number of halogens is 1. The third kappa shape index (κ3) is 3.81. The molecule has 0 fully saturated rings. The topological polar surface area (TPSA) is 51.8 Å². The zero-order valence-corrected chi connectivity index (χ0v) is 21.9. The number of para-hydroxylation sites is 1. The summed E-state index contributed by atoms with van der Waals surface area (Å²) in [5, 5.41) is 7.06. The number of furan rings is 1. The van der Waals surface area contributed by atoms with E-state index in [2.05, 4.69) is 60.7 Å². The zero-order chi connectivity index (χ0) is 26.6. The standard InChI is InChI=1S/C35H20ClN3O/c36-27-19-29(32-28-11-5-6-12-30(28)40-31(32)20-27)35-38-33(25-15-13-21-7-1-3-9-23(21)17-25)37-34(39-35)26-16-14-22-8-2-4-10-24(22)18-26/h1-20H. The smallest absolute Gasteiger partial charge is 0.164 e. The number of aromatic nitrogens is 3. The van der Waals surface area contributed by atoms with E-state index < -0.39 is 0 Å². The lowest BCUT2D eigenvalue weighted by molar-refractivity contribution is 0.669. The van der Waals surface area contributed by atoms with E-state index in [9.17, 15) is 0 Å². The van der Waals surface area contributed by atoms with Gasteiger partial charge < -0.3 is 4.42 Å². The van der Waals surface area contributed by atoms with Gasteiger partial charge in [0.15, 0.2) is 17.5 Å². The van der Waals surface area contributed by atoms with Crippen molar-refractivity contribution in [3.05, 3.63) is 126 Å². The molecule has 0 saturated carbocycles. The van der Waals surface area contributed by atoms with Gasteiger partial charge in [0.25, 0.3) is 0 Å². The van der Waals surface area contributed by atoms with Gasteiger partial charge in [-0.15, -0.1) is 0 Å². The Morgan fingerprint density at radius 2 is 1.02 bits per heavy atom. The zero-order valence-electron chi connectivity index (χ0n) is 21.2. The van der Waals surface area contributed by atoms with Crippen molar-refractivity contribution in [2.24, 2.45) is 0 Å². The van der Waals surface area contributed by atoms with Crippen molar-refractivity contribution in [3.8, 4) is 34.2 Å². The number of hydrogen-bond donors (Lipinski definition) is 0. The lowest BCUT2D eigenvalue weighted by Crippen LogP contribution is -2.00. The second-order valence-corrected chi connectivity index (χ2v) is 10.3. The summed E-state index contributed by atoms with van der Waals surface area (Å²) in [6.45, 7) is 0. The molecule has 0 unspecified atom stereocenters. The highest BCUT2D eigenvalue weighted by atomic mass is 35.5. The molecule has 188 valence electrons. The second kappa shape index (κ2) is 9.01. The van der Waals surface area contributed by atoms with E-state index >= 15 is 0 Å². The van der Waals surface area contributed by atoms with Crippen LogP contribution in [0.25, 0.3) is 77.6 Å². The van der Waals surface area contributed by atoms with Crippen molar-refractivity contribution < 1.29 is 4.42 Å². The molecule has 0 radical (unpaired) electrons. The summed E-state index contributed by atoms with van der Waals surface area (Å²) in [4.78, 5) is 15.0. The van der Waals surface area contributed by atoms with E-state index in [4.69, 9.17) is 31.0 Å². The van der Waals surface area contributed by atoms with Crippen LogP contribution in [0.2, 0.25) is 5.02 Å². The van der Waals surface area contributed by atoms with Gasteiger partial charge in [-0.3, -0.25) is 0 Å². The van der Waals surface area contributed by atoms with Crippen molar-refractivity contribution in [3.63, 3.8) is 0 Å². The summed E-state index contributed by atoms with van der Waals surface area (Å²) in [5.74, 6) is 1.74. The quantitative estimate of drug-likeness (QED) is 0.227. The van der Waals surface area contributed by atoms with Gasteiger partial charge in [0.05, 0.1) is 0 Å². The predicted molar refractivity (Wildman–Crippen MR) is 163 cm³/mol. The summed E-state index contributed by atoms with van der Waals surface area (Å²) in [6, 6.07) is 40.9. The Labute approximate surface area is 234 Å². The average molecular weight is 534 g/mol. The van der Waals surface area contributed by atoms with Gasteiger partial charge in [0.1, 0.15) is 11.2 Å². The Morgan fingerprint density at radius 3 is 1.68 bits per heavy atom. The molecule has 2 heterocycles. The first-order valence-corrected chi connectivity index (χ1v) is 13.4. The Balaban J connectivity index is 1.42. The van der Waals surface area contributed by atoms with Crippen LogP contribution in [-0.4, -0.2) is 15.0 Å². The number of fused-ring (bicyclic) bond motifs is 5. The number of nitrogens with zero attached hydrogens (tertiary/aromatic N) is 3. The normalized spacial score (nSPS) is 11.6. The van der Waals surface area contributed by atoms with Crippen LogP contribution in [0.4, 0.5) is 0 Å². The molecule has 5 heteroatoms. The van der Waals surface area contributed by atoms with Crippen LogP contribution in [0.15, 0.2) is 126 Å². The van der Waals surface area contributed by atoms with Crippen molar-refractivity contribution in [1.82, 2.24) is 15.0 Å². The third-order valence-electron chi connectivity index (χ3n) is 7.33. The fourth-order valence-corrected chi connectivity index (χ4v) is 5.62. The minimum atomic E-state index is 0.542. The fraction of sp³-hybridized carbons (Fsp3) is 0. The second-order valence-electron chi connectivity index (χ2n) is 9.85. The first kappa shape index (κ1) is 22.9. The van der Waals surface area contributed by atoms with E-state index in [1.807, 2.05) is 60.7 Å². The lowest BCUT2D eigenvalue weighted by atomic mass is 10.0. The molecule has 0 saturated heterocycles. The van der Waals surface area contributed by atoms with Gasteiger partial charge in [-0.05, 0) is 45.8 Å². The number of hydrogen-bond acceptors (Lipinski definition) is 4. The van der Waals surface area contributed by atoms with Crippen LogP contribution in [0.1, 0.15) is 0 Å². The highest BCUT2D eigenvalue weighted by molar-refractivity contribution is 6.32. The molecule has 2 aromatic heterocycles. The largest absolute Gasteiger partial charge is 0.456 e. The SMILES string of the molecule is Clc1cc(-c2nc(-c3ccc4ccccc4c3)nc(-c3ccc4ccccc4c3)n2)c2c(c1)oc1ccccc12. The molecular weight excluding hydrogens is 514 g/mol. The highest BCUT2D eigenvalue weighted by Crippen LogP contribution is 2.38. The van der Waals surface area contributed by atoms with Gasteiger partial charge in [-0.2, -0.15) is 0 Å². The fourth-order valence-electron chi connectivity index (χ4n) is 5.41. The molecule has 0 spiro atoms. The number of benzene rings is 6. The molecule has 0 amide bonds. The van der Waals surface area contributed by atoms with Crippen LogP contribution < -0.4 is 0 Å². The van der Waals surface area contributed by atoms with Gasteiger partial charge in [-0.25, -0.2) is 15.0 Å². The molecular formula is C35H20ClN3O. The maximum Gasteiger partial charge on any atom is 0.164 e. The predicted octanol–water partition coefficient (Wildman–Crippen LogP) is 9.73. The molecule has 0 aliphatic rings. The Morgan fingerprint density at radius 1 is 0.475 bits per heavy atom. The summed E-state index contributed by atoms with van der Waals surface area (Å²) >= 11 is 6.61. The van der Waals surface area contributed by atoms with Crippen molar-refractivity contribution >= 4 is 55.1 Å². The van der Waals surface area contributed by atoms with Gasteiger partial charge in [0, 0.05) is 38.6 Å². The lowest BCUT2D eigenvalue weighted by Gasteiger charge is -2.11. The van der Waals surface area contributed by atoms with Crippen molar-refractivity contribution in [2.45, 2.75) is 0 Å². The molecule has 0 aliphatic heterocycles. The Bertz CT molecular complexity index is 2160. The summed E-state index contributed by atoms with van der Waals surface area (Å²) in [5.41, 5.74) is 4.13. The van der Waals surface area contributed by atoms with E-state index in [1.54, 1.807) is 0 Å². The van der Waals surface area contributed by atoms with E-state index in [-0.39, 0.29) is 0 Å². The molecule has 0 aliphatic carbocycles. The first-order valence-electron chi connectivity index (χ1n) is 13.1. The third-order valence-corrected chi connectivity index (χ3v) is 7.55. The first-order chi connectivity index (χ1) is 19.7. The summed E-state index contributed by atoms with van der Waals surface area (Å²) < 4.78 is 6.17. The molecule has 4 nitrogen and oxygen atoms in total. The van der Waals surface area contributed by atoms with Gasteiger partial charge in [-0.1, -0.05) is 103 Å². The molecule has 40 heavy (non-hydrogen) atoms. The maximum absolute atomic E-state index is 6.61. The van der Waals surface area contributed by atoms with Crippen LogP contribution in [-0.2, 0) is 0 Å². The van der Waals surface area contributed by atoms with Crippen molar-refractivity contribution in [2.75, 3.05) is 0 Å². The molecule has 0 N–H and O–H groups in total. The van der Waals surface area contributed by atoms with Crippen LogP contribution in [0.3, 0.4) is 0 Å². The maximum atomic E-state index is 6.61. The average Bonchev–Trinajstić information content (AvgIpc) is 3.38. The number of rotatable bonds is 3. The van der Waals surface area contributed by atoms with Crippen LogP contribution in [0, 0.1) is 0 Å². The monoisotopic (exact) mass is 533 g/mol. The minimum Gasteiger partial charge on any atom is -0.456 e. The van der Waals surface area contributed by atoms with Crippen LogP contribution >= 0.6 is 11.6 Å². The van der Waals surface area contributed by atoms with Gasteiger partial charge >= 0.3 is 0 Å². The Kier molecular flexibility index (Phi) is 5.15. The van der Waals surface area contributed by atoms with E-state index in [0.29, 0.717) is 28.1 Å². The molecule has 0 atom stereocenters. The summed E-state index contributed by atoms with van der Waals surface area (Å²) in [7, 11) is 0.